The van der Waals surface area contributed by atoms with Crippen molar-refractivity contribution in [2.45, 2.75) is 18.8 Å². The number of nitrogens with zero attached hydrogens (tertiary/aromatic N) is 2. The van der Waals surface area contributed by atoms with Crippen LogP contribution in [0.5, 0.6) is 0 Å². The first-order valence-corrected chi connectivity index (χ1v) is 5.72. The van der Waals surface area contributed by atoms with Gasteiger partial charge in [0.15, 0.2) is 0 Å². The van der Waals surface area contributed by atoms with Gasteiger partial charge in [-0.2, -0.15) is 18.2 Å². The van der Waals surface area contributed by atoms with Gasteiger partial charge in [0.05, 0.1) is 7.11 Å². The van der Waals surface area contributed by atoms with E-state index in [4.69, 9.17) is 4.84 Å². The van der Waals surface area contributed by atoms with Gasteiger partial charge in [-0.05, 0) is 33.6 Å². The van der Waals surface area contributed by atoms with Crippen LogP contribution >= 0.6 is 15.9 Å². The van der Waals surface area contributed by atoms with Crippen molar-refractivity contribution < 1.29 is 23.1 Å². The number of aliphatic hydroxyl groups excluding tert-OH is 1. The smallest absolute Gasteiger partial charge is 0.376 e. The third-order valence-corrected chi connectivity index (χ3v) is 2.68. The van der Waals surface area contributed by atoms with Gasteiger partial charge >= 0.3 is 6.18 Å². The highest BCUT2D eigenvalue weighted by molar-refractivity contribution is 9.10. The quantitative estimate of drug-likeness (QED) is 0.523. The zero-order chi connectivity index (χ0) is 13.9. The summed E-state index contributed by atoms with van der Waals surface area (Å²) in [7, 11) is 2.83. The molecule has 1 atom stereocenters. The normalized spacial score (nSPS) is 14.0. The summed E-state index contributed by atoms with van der Waals surface area (Å²) in [6, 6.07) is 2.32. The van der Waals surface area contributed by atoms with Crippen LogP contribution in [0.3, 0.4) is 0 Å². The molecule has 0 aliphatic heterocycles. The number of halogens is 4. The molecule has 1 N–H and O–H groups in total. The lowest BCUT2D eigenvalue weighted by Gasteiger charge is -2.21. The molecule has 1 unspecified atom stereocenters. The van der Waals surface area contributed by atoms with Crippen molar-refractivity contribution in [3.8, 4) is 0 Å². The zero-order valence-corrected chi connectivity index (χ0v) is 11.3. The van der Waals surface area contributed by atoms with Gasteiger partial charge in [0.1, 0.15) is 16.5 Å². The lowest BCUT2D eigenvalue weighted by Crippen LogP contribution is -2.32. The Morgan fingerprint density at radius 2 is 2.11 bits per heavy atom. The fourth-order valence-corrected chi connectivity index (χ4v) is 1.76. The molecule has 102 valence electrons. The molecule has 0 aliphatic rings. The van der Waals surface area contributed by atoms with Crippen LogP contribution in [-0.4, -0.2) is 35.5 Å². The summed E-state index contributed by atoms with van der Waals surface area (Å²) in [5.41, 5.74) is -0.695. The molecule has 0 radical (unpaired) electrons. The topological polar surface area (TPSA) is 45.6 Å². The Morgan fingerprint density at radius 1 is 1.50 bits per heavy atom. The summed E-state index contributed by atoms with van der Waals surface area (Å²) < 4.78 is 37.7. The molecule has 0 aromatic carbocycles. The molecule has 1 aromatic heterocycles. The SMILES string of the molecule is CON(C)C(O)Cc1cc(Br)nc(C(F)(F)F)c1. The van der Waals surface area contributed by atoms with Crippen LogP contribution < -0.4 is 0 Å². The van der Waals surface area contributed by atoms with E-state index in [1.807, 2.05) is 0 Å². The Kier molecular flexibility index (Phi) is 5.09. The number of aliphatic hydroxyl groups is 1. The summed E-state index contributed by atoms with van der Waals surface area (Å²) in [6.07, 6.45) is -5.56. The van der Waals surface area contributed by atoms with E-state index in [1.165, 1.54) is 20.2 Å². The second kappa shape index (κ2) is 5.96. The van der Waals surface area contributed by atoms with Crippen LogP contribution in [0.15, 0.2) is 16.7 Å². The maximum Gasteiger partial charge on any atom is 0.433 e. The molecular weight excluding hydrogens is 317 g/mol. The molecule has 4 nitrogen and oxygen atoms in total. The van der Waals surface area contributed by atoms with Gasteiger partial charge in [0.2, 0.25) is 0 Å². The first-order valence-electron chi connectivity index (χ1n) is 4.92. The molecule has 0 saturated carbocycles. The third kappa shape index (κ3) is 4.20. The summed E-state index contributed by atoms with van der Waals surface area (Å²) in [5, 5.41) is 10.8. The Balaban J connectivity index is 2.94. The Labute approximate surface area is 110 Å². The molecule has 0 amide bonds. The minimum atomic E-state index is -4.52. The van der Waals surface area contributed by atoms with Crippen LogP contribution in [0, 0.1) is 0 Å². The number of aromatic nitrogens is 1. The van der Waals surface area contributed by atoms with Crippen molar-refractivity contribution in [3.63, 3.8) is 0 Å². The molecule has 0 bridgehead atoms. The fraction of sp³-hybridized carbons (Fsp3) is 0.500. The summed E-state index contributed by atoms with van der Waals surface area (Å²) in [5.74, 6) is 0. The first-order chi connectivity index (χ1) is 8.24. The third-order valence-electron chi connectivity index (χ3n) is 2.27. The van der Waals surface area contributed by atoms with E-state index in [2.05, 4.69) is 20.9 Å². The number of hydroxylamine groups is 2. The standard InChI is InChI=1S/C10H12BrF3N2O2/c1-16(18-2)9(17)5-6-3-7(10(12,13)14)15-8(11)4-6/h3-4,9,17H,5H2,1-2H3. The highest BCUT2D eigenvalue weighted by Crippen LogP contribution is 2.29. The van der Waals surface area contributed by atoms with E-state index in [0.29, 0.717) is 5.56 Å². The van der Waals surface area contributed by atoms with Crippen molar-refractivity contribution in [1.29, 1.82) is 0 Å². The highest BCUT2D eigenvalue weighted by atomic mass is 79.9. The van der Waals surface area contributed by atoms with Gasteiger partial charge < -0.3 is 9.94 Å². The monoisotopic (exact) mass is 328 g/mol. The molecule has 1 heterocycles. The van der Waals surface area contributed by atoms with E-state index in [9.17, 15) is 18.3 Å². The van der Waals surface area contributed by atoms with E-state index >= 15 is 0 Å². The van der Waals surface area contributed by atoms with Gasteiger partial charge in [0, 0.05) is 13.5 Å². The number of likely N-dealkylation sites (N-methyl/N-ethyl adjacent to an activating group) is 1. The van der Waals surface area contributed by atoms with Crippen molar-refractivity contribution in [1.82, 2.24) is 10.0 Å². The van der Waals surface area contributed by atoms with Crippen molar-refractivity contribution in [2.24, 2.45) is 0 Å². The van der Waals surface area contributed by atoms with Crippen LogP contribution in [0.25, 0.3) is 0 Å². The molecule has 0 aliphatic carbocycles. The number of alkyl halides is 3. The van der Waals surface area contributed by atoms with Gasteiger partial charge in [0.25, 0.3) is 0 Å². The first kappa shape index (κ1) is 15.4. The summed E-state index contributed by atoms with van der Waals surface area (Å²) in [4.78, 5) is 8.09. The fourth-order valence-electron chi connectivity index (χ4n) is 1.27. The Bertz CT molecular complexity index is 415. The maximum absolute atomic E-state index is 12.5. The second-order valence-electron chi connectivity index (χ2n) is 3.59. The molecular formula is C10H12BrF3N2O2. The van der Waals surface area contributed by atoms with Crippen molar-refractivity contribution in [3.05, 3.63) is 28.0 Å². The number of hydrogen-bond donors (Lipinski definition) is 1. The molecule has 0 spiro atoms. The van der Waals surface area contributed by atoms with Crippen LogP contribution in [0.2, 0.25) is 0 Å². The molecule has 8 heteroatoms. The molecule has 1 rings (SSSR count). The lowest BCUT2D eigenvalue weighted by molar-refractivity contribution is -0.202. The molecule has 18 heavy (non-hydrogen) atoms. The largest absolute Gasteiger partial charge is 0.433 e. The minimum Gasteiger partial charge on any atom is -0.376 e. The van der Waals surface area contributed by atoms with Gasteiger partial charge in [-0.15, -0.1) is 0 Å². The maximum atomic E-state index is 12.5. The molecule has 0 saturated heterocycles. The minimum absolute atomic E-state index is 0.00542. The Hall–Kier alpha value is -0.700. The van der Waals surface area contributed by atoms with Gasteiger partial charge in [-0.25, -0.2) is 4.98 Å². The predicted octanol–water partition coefficient (Wildman–Crippen LogP) is 2.22. The average Bonchev–Trinajstić information content (AvgIpc) is 2.25. The molecule has 1 aromatic rings. The van der Waals surface area contributed by atoms with Crippen LogP contribution in [0.4, 0.5) is 13.2 Å². The van der Waals surface area contributed by atoms with E-state index in [0.717, 1.165) is 11.1 Å². The zero-order valence-electron chi connectivity index (χ0n) is 9.70. The highest BCUT2D eigenvalue weighted by Gasteiger charge is 2.33. The van der Waals surface area contributed by atoms with E-state index in [-0.39, 0.29) is 11.0 Å². The van der Waals surface area contributed by atoms with Crippen LogP contribution in [-0.2, 0) is 17.4 Å². The number of rotatable bonds is 4. The average molecular weight is 329 g/mol. The van der Waals surface area contributed by atoms with Gasteiger partial charge in [-0.3, -0.25) is 0 Å². The summed E-state index contributed by atoms with van der Waals surface area (Å²) in [6.45, 7) is 0. The predicted molar refractivity (Wildman–Crippen MR) is 61.4 cm³/mol. The number of hydrogen-bond acceptors (Lipinski definition) is 4. The van der Waals surface area contributed by atoms with Gasteiger partial charge in [-0.1, -0.05) is 0 Å². The Morgan fingerprint density at radius 3 is 2.61 bits per heavy atom. The van der Waals surface area contributed by atoms with E-state index in [1.54, 1.807) is 0 Å². The van der Waals surface area contributed by atoms with E-state index < -0.39 is 18.1 Å². The van der Waals surface area contributed by atoms with Crippen molar-refractivity contribution in [2.75, 3.05) is 14.2 Å². The second-order valence-corrected chi connectivity index (χ2v) is 4.41. The van der Waals surface area contributed by atoms with Crippen molar-refractivity contribution >= 4 is 15.9 Å². The lowest BCUT2D eigenvalue weighted by atomic mass is 10.1. The molecule has 0 fully saturated rings. The number of pyridine rings is 1. The van der Waals surface area contributed by atoms with Crippen LogP contribution in [0.1, 0.15) is 11.3 Å². The summed E-state index contributed by atoms with van der Waals surface area (Å²) >= 11 is 2.91.